The number of nitriles is 1. The van der Waals surface area contributed by atoms with Crippen LogP contribution in [0, 0.1) is 17.1 Å². The van der Waals surface area contributed by atoms with Crippen LogP contribution in [0.5, 0.6) is 0 Å². The van der Waals surface area contributed by atoms with Gasteiger partial charge in [0.25, 0.3) is 0 Å². The van der Waals surface area contributed by atoms with Crippen molar-refractivity contribution in [2.75, 3.05) is 18.8 Å². The van der Waals surface area contributed by atoms with Crippen molar-refractivity contribution in [1.29, 1.82) is 5.26 Å². The van der Waals surface area contributed by atoms with E-state index in [0.717, 1.165) is 48.4 Å². The Hall–Kier alpha value is -1.91. The van der Waals surface area contributed by atoms with Crippen LogP contribution in [0.15, 0.2) is 29.4 Å². The predicted molar refractivity (Wildman–Crippen MR) is 104 cm³/mol. The highest BCUT2D eigenvalue weighted by Crippen LogP contribution is 2.25. The number of rotatable bonds is 8. The van der Waals surface area contributed by atoms with Crippen LogP contribution in [0.25, 0.3) is 5.69 Å². The fourth-order valence-corrected chi connectivity index (χ4v) is 4.54. The lowest BCUT2D eigenvalue weighted by Crippen LogP contribution is -3.12. The number of nitrogens with one attached hydrogen (secondary N) is 1. The molecular formula is C20H27FN5S+. The van der Waals surface area contributed by atoms with Gasteiger partial charge in [0.05, 0.1) is 19.2 Å². The summed E-state index contributed by atoms with van der Waals surface area (Å²) in [4.78, 5) is 1.54. The van der Waals surface area contributed by atoms with Crippen molar-refractivity contribution in [3.63, 3.8) is 0 Å². The number of benzene rings is 1. The molecule has 1 atom stereocenters. The van der Waals surface area contributed by atoms with Gasteiger partial charge in [0.15, 0.2) is 11.0 Å². The maximum Gasteiger partial charge on any atom is 0.196 e. The Kier molecular flexibility index (Phi) is 7.25. The van der Waals surface area contributed by atoms with Crippen LogP contribution in [0.2, 0.25) is 0 Å². The second kappa shape index (κ2) is 9.86. The summed E-state index contributed by atoms with van der Waals surface area (Å²) in [5, 5.41) is 18.5. The standard InChI is InChI=1S/C20H26FN5S/c1-16(25-13-5-3-6-14-25)19-23-24-20(27-15-7-2-4-12-22)26(19)18-10-8-17(21)9-11-18/h8-11,16H,2-7,13-15H2,1H3/p+1/t16-/m1/s1. The zero-order valence-electron chi connectivity index (χ0n) is 15.8. The summed E-state index contributed by atoms with van der Waals surface area (Å²) in [6.45, 7) is 4.54. The Morgan fingerprint density at radius 3 is 2.63 bits per heavy atom. The molecule has 1 aromatic carbocycles. The van der Waals surface area contributed by atoms with Gasteiger partial charge in [0.2, 0.25) is 0 Å². The molecule has 0 spiro atoms. The molecule has 0 saturated carbocycles. The Morgan fingerprint density at radius 2 is 1.93 bits per heavy atom. The SMILES string of the molecule is C[C@H](c1nnc(SCCCCC#N)n1-c1ccc(F)cc1)[NH+]1CCCCC1. The summed E-state index contributed by atoms with van der Waals surface area (Å²) in [5.41, 5.74) is 0.902. The number of likely N-dealkylation sites (tertiary alicyclic amines) is 1. The molecule has 144 valence electrons. The number of piperidine rings is 1. The molecule has 0 radical (unpaired) electrons. The Morgan fingerprint density at radius 1 is 1.19 bits per heavy atom. The van der Waals surface area contributed by atoms with Crippen LogP contribution in [-0.4, -0.2) is 33.6 Å². The van der Waals surface area contributed by atoms with Crippen molar-refractivity contribution < 1.29 is 9.29 Å². The first-order chi connectivity index (χ1) is 13.2. The number of quaternary nitrogens is 1. The molecule has 1 aliphatic heterocycles. The molecule has 27 heavy (non-hydrogen) atoms. The summed E-state index contributed by atoms with van der Waals surface area (Å²) in [6.07, 6.45) is 6.28. The van der Waals surface area contributed by atoms with E-state index in [2.05, 4.69) is 27.8 Å². The van der Waals surface area contributed by atoms with Crippen LogP contribution < -0.4 is 4.90 Å². The van der Waals surface area contributed by atoms with E-state index in [-0.39, 0.29) is 11.9 Å². The van der Waals surface area contributed by atoms with Crippen molar-refractivity contribution in [2.45, 2.75) is 56.6 Å². The normalized spacial score (nSPS) is 16.2. The van der Waals surface area contributed by atoms with Crippen LogP contribution in [0.4, 0.5) is 4.39 Å². The Balaban J connectivity index is 1.83. The third kappa shape index (κ3) is 5.08. The molecule has 2 aromatic rings. The van der Waals surface area contributed by atoms with Crippen LogP contribution in [0.1, 0.15) is 57.3 Å². The molecule has 1 saturated heterocycles. The first kappa shape index (κ1) is 19.8. The molecule has 1 aliphatic rings. The fourth-order valence-electron chi connectivity index (χ4n) is 3.58. The minimum atomic E-state index is -0.242. The average molecular weight is 389 g/mol. The van der Waals surface area contributed by atoms with Crippen molar-refractivity contribution in [3.8, 4) is 11.8 Å². The highest BCUT2D eigenvalue weighted by Gasteiger charge is 2.28. The van der Waals surface area contributed by atoms with Gasteiger partial charge in [0, 0.05) is 17.9 Å². The molecule has 0 aliphatic carbocycles. The third-order valence-electron chi connectivity index (χ3n) is 5.15. The maximum absolute atomic E-state index is 13.4. The largest absolute Gasteiger partial charge is 0.326 e. The van der Waals surface area contributed by atoms with Crippen molar-refractivity contribution in [3.05, 3.63) is 35.9 Å². The lowest BCUT2D eigenvalue weighted by atomic mass is 10.1. The van der Waals surface area contributed by atoms with E-state index in [9.17, 15) is 4.39 Å². The van der Waals surface area contributed by atoms with Crippen LogP contribution in [-0.2, 0) is 0 Å². The average Bonchev–Trinajstić information content (AvgIpc) is 3.12. The van der Waals surface area contributed by atoms with Gasteiger partial charge in [-0.3, -0.25) is 4.57 Å². The van der Waals surface area contributed by atoms with Crippen LogP contribution in [0.3, 0.4) is 0 Å². The first-order valence-electron chi connectivity index (χ1n) is 9.76. The van der Waals surface area contributed by atoms with Gasteiger partial charge in [-0.1, -0.05) is 11.8 Å². The molecule has 0 amide bonds. The van der Waals surface area contributed by atoms with E-state index in [1.165, 1.54) is 31.4 Å². The number of aromatic nitrogens is 3. The van der Waals surface area contributed by atoms with E-state index in [4.69, 9.17) is 5.26 Å². The van der Waals surface area contributed by atoms with E-state index < -0.39 is 0 Å². The molecule has 0 bridgehead atoms. The Bertz CT molecular complexity index is 762. The molecule has 0 unspecified atom stereocenters. The molecule has 1 N–H and O–H groups in total. The summed E-state index contributed by atoms with van der Waals surface area (Å²) in [6, 6.07) is 8.98. The van der Waals surface area contributed by atoms with E-state index >= 15 is 0 Å². The zero-order chi connectivity index (χ0) is 19.1. The van der Waals surface area contributed by atoms with Crippen LogP contribution >= 0.6 is 11.8 Å². The predicted octanol–water partition coefficient (Wildman–Crippen LogP) is 3.32. The number of thioether (sulfide) groups is 1. The number of nitrogens with zero attached hydrogens (tertiary/aromatic N) is 4. The summed E-state index contributed by atoms with van der Waals surface area (Å²) >= 11 is 1.66. The van der Waals surface area contributed by atoms with E-state index in [0.29, 0.717) is 6.42 Å². The summed E-state index contributed by atoms with van der Waals surface area (Å²) in [5.74, 6) is 1.60. The van der Waals surface area contributed by atoms with Gasteiger partial charge in [-0.05, 0) is 63.3 Å². The minimum absolute atomic E-state index is 0.242. The van der Waals surface area contributed by atoms with Crippen molar-refractivity contribution in [1.82, 2.24) is 14.8 Å². The highest BCUT2D eigenvalue weighted by molar-refractivity contribution is 7.99. The van der Waals surface area contributed by atoms with Crippen molar-refractivity contribution in [2.24, 2.45) is 0 Å². The van der Waals surface area contributed by atoms with Gasteiger partial charge in [0.1, 0.15) is 11.9 Å². The quantitative estimate of drug-likeness (QED) is 0.557. The minimum Gasteiger partial charge on any atom is -0.326 e. The molecule has 1 fully saturated rings. The van der Waals surface area contributed by atoms with Gasteiger partial charge in [-0.25, -0.2) is 4.39 Å². The summed E-state index contributed by atoms with van der Waals surface area (Å²) < 4.78 is 15.5. The van der Waals surface area contributed by atoms with Crippen molar-refractivity contribution >= 4 is 11.8 Å². The maximum atomic E-state index is 13.4. The van der Waals surface area contributed by atoms with Gasteiger partial charge in [-0.2, -0.15) is 5.26 Å². The van der Waals surface area contributed by atoms with Gasteiger partial charge >= 0.3 is 0 Å². The van der Waals surface area contributed by atoms with E-state index in [1.807, 2.05) is 0 Å². The number of unbranched alkanes of at least 4 members (excludes halogenated alkanes) is 2. The van der Waals surface area contributed by atoms with E-state index in [1.54, 1.807) is 28.8 Å². The molecule has 1 aromatic heterocycles. The lowest BCUT2D eigenvalue weighted by Gasteiger charge is -2.29. The monoisotopic (exact) mass is 388 g/mol. The van der Waals surface area contributed by atoms with Gasteiger partial charge in [-0.15, -0.1) is 10.2 Å². The molecule has 5 nitrogen and oxygen atoms in total. The first-order valence-corrected chi connectivity index (χ1v) is 10.7. The second-order valence-corrected chi connectivity index (χ2v) is 8.12. The third-order valence-corrected chi connectivity index (χ3v) is 6.17. The lowest BCUT2D eigenvalue weighted by molar-refractivity contribution is -0.935. The number of halogens is 1. The number of hydrogen-bond donors (Lipinski definition) is 1. The highest BCUT2D eigenvalue weighted by atomic mass is 32.2. The smallest absolute Gasteiger partial charge is 0.196 e. The topological polar surface area (TPSA) is 58.9 Å². The van der Waals surface area contributed by atoms with Gasteiger partial charge < -0.3 is 4.90 Å². The Labute approximate surface area is 164 Å². The zero-order valence-corrected chi connectivity index (χ0v) is 16.6. The number of hydrogen-bond acceptors (Lipinski definition) is 4. The summed E-state index contributed by atoms with van der Waals surface area (Å²) in [7, 11) is 0. The molecule has 3 rings (SSSR count). The second-order valence-electron chi connectivity index (χ2n) is 7.06. The molecule has 2 heterocycles. The molecular weight excluding hydrogens is 361 g/mol. The fraction of sp³-hybridized carbons (Fsp3) is 0.550. The molecule has 7 heteroatoms.